The molecule has 0 saturated heterocycles. The van der Waals surface area contributed by atoms with Gasteiger partial charge in [0.15, 0.2) is 5.82 Å². The average Bonchev–Trinajstić information content (AvgIpc) is 2.70. The van der Waals surface area contributed by atoms with Crippen LogP contribution in [0.1, 0.15) is 9.88 Å². The Hall–Kier alpha value is -1.56. The molecular weight excluding hydrogens is 210 g/mol. The quantitative estimate of drug-likeness (QED) is 0.824. The number of hydrogen-bond donors (Lipinski definition) is 2. The van der Waals surface area contributed by atoms with Gasteiger partial charge in [0, 0.05) is 24.3 Å². The van der Waals surface area contributed by atoms with Crippen molar-refractivity contribution < 1.29 is 0 Å². The summed E-state index contributed by atoms with van der Waals surface area (Å²) in [5.41, 5.74) is 6.42. The number of aryl methyl sites for hydroxylation is 2. The lowest BCUT2D eigenvalue weighted by molar-refractivity contribution is 0.768. The maximum atomic E-state index is 5.75. The molecule has 0 bridgehead atoms. The van der Waals surface area contributed by atoms with Crippen LogP contribution in [-0.2, 0) is 13.6 Å². The molecule has 2 heterocycles. The van der Waals surface area contributed by atoms with Crippen LogP contribution in [0.5, 0.6) is 0 Å². The van der Waals surface area contributed by atoms with Crippen LogP contribution < -0.4 is 11.1 Å². The molecule has 0 fully saturated rings. The van der Waals surface area contributed by atoms with Crippen LogP contribution in [0.25, 0.3) is 0 Å². The molecule has 0 aliphatic rings. The molecule has 0 aliphatic carbocycles. The predicted molar refractivity (Wildman–Crippen MR) is 61.8 cm³/mol. The smallest absolute Gasteiger partial charge is 0.171 e. The minimum absolute atomic E-state index is 0.665. The second kappa shape index (κ2) is 3.90. The third-order valence-electron chi connectivity index (χ3n) is 1.96. The standard InChI is InChI=1S/C9H13N5S/c1-6-11-3-7(15-6)4-12-9-8(10)5-14(2)13-9/h3,5H,4,10H2,1-2H3,(H,12,13). The summed E-state index contributed by atoms with van der Waals surface area (Å²) in [4.78, 5) is 5.36. The van der Waals surface area contributed by atoms with Crippen molar-refractivity contribution in [1.82, 2.24) is 14.8 Å². The highest BCUT2D eigenvalue weighted by Crippen LogP contribution is 2.17. The van der Waals surface area contributed by atoms with Gasteiger partial charge in [-0.15, -0.1) is 11.3 Å². The summed E-state index contributed by atoms with van der Waals surface area (Å²) in [5.74, 6) is 0.726. The first-order valence-electron chi connectivity index (χ1n) is 4.59. The number of nitrogens with two attached hydrogens (primary N) is 1. The molecule has 0 radical (unpaired) electrons. The largest absolute Gasteiger partial charge is 0.394 e. The lowest BCUT2D eigenvalue weighted by Crippen LogP contribution is -2.01. The van der Waals surface area contributed by atoms with Crippen LogP contribution in [0.3, 0.4) is 0 Å². The van der Waals surface area contributed by atoms with Crippen molar-refractivity contribution in [2.75, 3.05) is 11.1 Å². The van der Waals surface area contributed by atoms with Gasteiger partial charge in [0.1, 0.15) is 0 Å². The number of nitrogens with zero attached hydrogens (tertiary/aromatic N) is 3. The second-order valence-electron chi connectivity index (χ2n) is 3.31. The van der Waals surface area contributed by atoms with E-state index in [-0.39, 0.29) is 0 Å². The summed E-state index contributed by atoms with van der Waals surface area (Å²) in [7, 11) is 1.85. The maximum Gasteiger partial charge on any atom is 0.171 e. The van der Waals surface area contributed by atoms with Crippen LogP contribution in [0.4, 0.5) is 11.5 Å². The number of aromatic nitrogens is 3. The highest BCUT2D eigenvalue weighted by molar-refractivity contribution is 7.11. The van der Waals surface area contributed by atoms with Crippen LogP contribution >= 0.6 is 11.3 Å². The topological polar surface area (TPSA) is 68.8 Å². The van der Waals surface area contributed by atoms with Crippen molar-refractivity contribution in [2.24, 2.45) is 7.05 Å². The summed E-state index contributed by atoms with van der Waals surface area (Å²) in [5, 5.41) is 8.44. The molecule has 2 rings (SSSR count). The molecule has 2 aromatic rings. The highest BCUT2D eigenvalue weighted by atomic mass is 32.1. The predicted octanol–water partition coefficient (Wildman–Crippen LogP) is 1.38. The summed E-state index contributed by atoms with van der Waals surface area (Å²) >= 11 is 1.67. The fourth-order valence-electron chi connectivity index (χ4n) is 1.30. The Morgan fingerprint density at radius 2 is 2.40 bits per heavy atom. The van der Waals surface area contributed by atoms with Crippen molar-refractivity contribution in [3.8, 4) is 0 Å². The van der Waals surface area contributed by atoms with Gasteiger partial charge in [0.25, 0.3) is 0 Å². The van der Waals surface area contributed by atoms with Crippen molar-refractivity contribution in [2.45, 2.75) is 13.5 Å². The van der Waals surface area contributed by atoms with Crippen molar-refractivity contribution >= 4 is 22.8 Å². The van der Waals surface area contributed by atoms with Gasteiger partial charge in [0.05, 0.1) is 17.2 Å². The molecule has 3 N–H and O–H groups in total. The summed E-state index contributed by atoms with van der Waals surface area (Å²) in [6, 6.07) is 0. The number of nitrogens with one attached hydrogen (secondary N) is 1. The second-order valence-corrected chi connectivity index (χ2v) is 4.63. The van der Waals surface area contributed by atoms with Gasteiger partial charge < -0.3 is 11.1 Å². The lowest BCUT2D eigenvalue weighted by Gasteiger charge is -2.00. The Morgan fingerprint density at radius 1 is 1.60 bits per heavy atom. The van der Waals surface area contributed by atoms with E-state index >= 15 is 0 Å². The molecule has 15 heavy (non-hydrogen) atoms. The van der Waals surface area contributed by atoms with Gasteiger partial charge in [-0.25, -0.2) is 4.98 Å². The van der Waals surface area contributed by atoms with E-state index in [4.69, 9.17) is 5.73 Å². The number of anilines is 2. The number of nitrogen functional groups attached to an aromatic ring is 1. The van der Waals surface area contributed by atoms with Crippen molar-refractivity contribution in [1.29, 1.82) is 0 Å². The number of hydrogen-bond acceptors (Lipinski definition) is 5. The highest BCUT2D eigenvalue weighted by Gasteiger charge is 2.04. The minimum Gasteiger partial charge on any atom is -0.394 e. The van der Waals surface area contributed by atoms with Crippen molar-refractivity contribution in [3.63, 3.8) is 0 Å². The Balaban J connectivity index is 2.01. The first kappa shape index (κ1) is 9.97. The molecule has 0 amide bonds. The molecule has 0 unspecified atom stereocenters. The fraction of sp³-hybridized carbons (Fsp3) is 0.333. The van der Waals surface area contributed by atoms with E-state index in [0.717, 1.165) is 10.8 Å². The van der Waals surface area contributed by atoms with Crippen LogP contribution in [0.2, 0.25) is 0 Å². The SMILES string of the molecule is Cc1ncc(CNc2nn(C)cc2N)s1. The van der Waals surface area contributed by atoms with Crippen LogP contribution in [-0.4, -0.2) is 14.8 Å². The lowest BCUT2D eigenvalue weighted by atomic mass is 10.5. The minimum atomic E-state index is 0.665. The van der Waals surface area contributed by atoms with E-state index in [1.807, 2.05) is 20.2 Å². The summed E-state index contributed by atoms with van der Waals surface area (Å²) in [6.45, 7) is 2.70. The Bertz CT molecular complexity index is 459. The molecule has 0 saturated carbocycles. The van der Waals surface area contributed by atoms with Crippen molar-refractivity contribution in [3.05, 3.63) is 22.3 Å². The third kappa shape index (κ3) is 2.27. The van der Waals surface area contributed by atoms with E-state index in [9.17, 15) is 0 Å². The summed E-state index contributed by atoms with van der Waals surface area (Å²) in [6.07, 6.45) is 3.65. The molecule has 0 atom stereocenters. The zero-order chi connectivity index (χ0) is 10.8. The van der Waals surface area contributed by atoms with Crippen LogP contribution in [0, 0.1) is 6.92 Å². The van der Waals surface area contributed by atoms with Gasteiger partial charge in [-0.2, -0.15) is 5.10 Å². The summed E-state index contributed by atoms with van der Waals surface area (Å²) < 4.78 is 1.69. The van der Waals surface area contributed by atoms with Gasteiger partial charge >= 0.3 is 0 Å². The van der Waals surface area contributed by atoms with E-state index < -0.39 is 0 Å². The van der Waals surface area contributed by atoms with E-state index in [1.54, 1.807) is 22.2 Å². The van der Waals surface area contributed by atoms with E-state index in [0.29, 0.717) is 12.2 Å². The third-order valence-corrected chi connectivity index (χ3v) is 2.87. The number of rotatable bonds is 3. The van der Waals surface area contributed by atoms with Gasteiger partial charge in [0.2, 0.25) is 0 Å². The molecule has 0 spiro atoms. The Kier molecular flexibility index (Phi) is 2.59. The average molecular weight is 223 g/mol. The molecule has 5 nitrogen and oxygen atoms in total. The molecule has 6 heteroatoms. The first-order valence-corrected chi connectivity index (χ1v) is 5.41. The van der Waals surface area contributed by atoms with Gasteiger partial charge in [-0.3, -0.25) is 4.68 Å². The maximum absolute atomic E-state index is 5.75. The zero-order valence-corrected chi connectivity index (χ0v) is 9.51. The van der Waals surface area contributed by atoms with E-state index in [2.05, 4.69) is 15.4 Å². The first-order chi connectivity index (χ1) is 7.15. The monoisotopic (exact) mass is 223 g/mol. The van der Waals surface area contributed by atoms with Gasteiger partial charge in [-0.1, -0.05) is 0 Å². The number of thiazole rings is 1. The van der Waals surface area contributed by atoms with Crippen LogP contribution in [0.15, 0.2) is 12.4 Å². The molecule has 0 aromatic carbocycles. The molecule has 0 aliphatic heterocycles. The zero-order valence-electron chi connectivity index (χ0n) is 8.69. The Morgan fingerprint density at radius 3 is 2.93 bits per heavy atom. The fourth-order valence-corrected chi connectivity index (χ4v) is 2.04. The normalized spacial score (nSPS) is 10.5. The van der Waals surface area contributed by atoms with Gasteiger partial charge in [-0.05, 0) is 6.92 Å². The molecule has 80 valence electrons. The molecular formula is C9H13N5S. The Labute approximate surface area is 91.9 Å². The van der Waals surface area contributed by atoms with E-state index in [1.165, 1.54) is 4.88 Å². The molecule has 2 aromatic heterocycles.